The van der Waals surface area contributed by atoms with Crippen molar-refractivity contribution in [2.75, 3.05) is 19.6 Å². The normalized spacial score (nSPS) is 28.9. The van der Waals surface area contributed by atoms with Crippen LogP contribution < -0.4 is 0 Å². The minimum atomic E-state index is -0.329. The first kappa shape index (κ1) is 10.4. The second-order valence-corrected chi connectivity index (χ2v) is 5.12. The van der Waals surface area contributed by atoms with Crippen molar-refractivity contribution in [1.29, 1.82) is 0 Å². The summed E-state index contributed by atoms with van der Waals surface area (Å²) in [6.07, 6.45) is 9.94. The Kier molecular flexibility index (Phi) is 3.45. The lowest BCUT2D eigenvalue weighted by Crippen LogP contribution is -2.41. The van der Waals surface area contributed by atoms with E-state index in [0.29, 0.717) is 0 Å². The lowest BCUT2D eigenvalue weighted by atomic mass is 10.0. The fraction of sp³-hybridized carbons (Fsp3) is 1.00. The second-order valence-electron chi connectivity index (χ2n) is 5.12. The highest BCUT2D eigenvalue weighted by Gasteiger charge is 2.32. The van der Waals surface area contributed by atoms with Crippen molar-refractivity contribution in [2.45, 2.75) is 57.0 Å². The third kappa shape index (κ3) is 2.71. The molecule has 0 aromatic heterocycles. The number of likely N-dealkylation sites (tertiary alicyclic amines) is 1. The van der Waals surface area contributed by atoms with Crippen LogP contribution in [0.3, 0.4) is 0 Å². The molecule has 0 bridgehead atoms. The summed E-state index contributed by atoms with van der Waals surface area (Å²) < 4.78 is 0. The van der Waals surface area contributed by atoms with Crippen molar-refractivity contribution in [3.8, 4) is 0 Å². The Hall–Kier alpha value is -0.0800. The van der Waals surface area contributed by atoms with Crippen molar-refractivity contribution in [2.24, 2.45) is 0 Å². The van der Waals surface area contributed by atoms with E-state index in [0.717, 1.165) is 19.4 Å². The van der Waals surface area contributed by atoms with Crippen molar-refractivity contribution < 1.29 is 5.11 Å². The predicted molar refractivity (Wildman–Crippen MR) is 58.3 cm³/mol. The molecule has 2 rings (SSSR count). The third-order valence-electron chi connectivity index (χ3n) is 3.75. The lowest BCUT2D eigenvalue weighted by Gasteiger charge is -2.30. The molecular formula is C12H23NO. The summed E-state index contributed by atoms with van der Waals surface area (Å²) in [4.78, 5) is 2.48. The van der Waals surface area contributed by atoms with Gasteiger partial charge in [0.05, 0.1) is 5.60 Å². The average molecular weight is 197 g/mol. The van der Waals surface area contributed by atoms with Gasteiger partial charge in [0.25, 0.3) is 0 Å². The Morgan fingerprint density at radius 3 is 2.00 bits per heavy atom. The van der Waals surface area contributed by atoms with E-state index in [1.807, 2.05) is 0 Å². The minimum Gasteiger partial charge on any atom is -0.389 e. The number of hydrogen-bond donors (Lipinski definition) is 1. The predicted octanol–water partition coefficient (Wildman–Crippen LogP) is 2.17. The van der Waals surface area contributed by atoms with Crippen molar-refractivity contribution in [3.63, 3.8) is 0 Å². The summed E-state index contributed by atoms with van der Waals surface area (Å²) in [5, 5.41) is 10.3. The fourth-order valence-corrected chi connectivity index (χ4v) is 2.90. The van der Waals surface area contributed by atoms with Gasteiger partial charge in [0.15, 0.2) is 0 Å². The van der Waals surface area contributed by atoms with E-state index in [-0.39, 0.29) is 5.60 Å². The first-order chi connectivity index (χ1) is 6.79. The largest absolute Gasteiger partial charge is 0.389 e. The molecule has 1 saturated carbocycles. The highest BCUT2D eigenvalue weighted by atomic mass is 16.3. The van der Waals surface area contributed by atoms with Gasteiger partial charge in [0, 0.05) is 6.54 Å². The quantitative estimate of drug-likeness (QED) is 0.733. The first-order valence-electron chi connectivity index (χ1n) is 6.23. The van der Waals surface area contributed by atoms with Gasteiger partial charge in [-0.25, -0.2) is 0 Å². The molecule has 0 radical (unpaired) electrons. The lowest BCUT2D eigenvalue weighted by molar-refractivity contribution is 0.0103. The van der Waals surface area contributed by atoms with E-state index < -0.39 is 0 Å². The monoisotopic (exact) mass is 197 g/mol. The molecule has 14 heavy (non-hydrogen) atoms. The van der Waals surface area contributed by atoms with Crippen LogP contribution in [0.1, 0.15) is 51.4 Å². The second kappa shape index (κ2) is 4.63. The molecule has 0 aromatic carbocycles. The van der Waals surface area contributed by atoms with Crippen LogP contribution in [0.15, 0.2) is 0 Å². The molecule has 1 heterocycles. The van der Waals surface area contributed by atoms with E-state index in [1.54, 1.807) is 0 Å². The molecule has 0 aromatic rings. The number of nitrogens with zero attached hydrogens (tertiary/aromatic N) is 1. The summed E-state index contributed by atoms with van der Waals surface area (Å²) in [6.45, 7) is 3.36. The van der Waals surface area contributed by atoms with E-state index in [4.69, 9.17) is 0 Å². The SMILES string of the molecule is OC1(CN2CCCCCC2)CCCC1. The Balaban J connectivity index is 1.82. The Labute approximate surface area is 87.3 Å². The van der Waals surface area contributed by atoms with Crippen LogP contribution in [-0.4, -0.2) is 35.2 Å². The van der Waals surface area contributed by atoms with Gasteiger partial charge in [0.1, 0.15) is 0 Å². The minimum absolute atomic E-state index is 0.329. The molecule has 1 N–H and O–H groups in total. The Morgan fingerprint density at radius 2 is 1.43 bits per heavy atom. The summed E-state index contributed by atoms with van der Waals surface area (Å²) >= 11 is 0. The maximum absolute atomic E-state index is 10.3. The number of aliphatic hydroxyl groups is 1. The van der Waals surface area contributed by atoms with Crippen molar-refractivity contribution in [1.82, 2.24) is 4.90 Å². The Bertz CT molecular complexity index is 167. The maximum atomic E-state index is 10.3. The zero-order chi connectivity index (χ0) is 9.86. The van der Waals surface area contributed by atoms with Gasteiger partial charge in [-0.05, 0) is 38.8 Å². The molecule has 82 valence electrons. The number of β-amino-alcohol motifs (C(OH)–C–C–N with tert-alkyl or cyclic N) is 1. The summed E-state index contributed by atoms with van der Waals surface area (Å²) in [7, 11) is 0. The summed E-state index contributed by atoms with van der Waals surface area (Å²) in [5.41, 5.74) is -0.329. The third-order valence-corrected chi connectivity index (χ3v) is 3.75. The standard InChI is InChI=1S/C12H23NO/c14-12(7-3-4-8-12)11-13-9-5-1-2-6-10-13/h14H,1-11H2. The van der Waals surface area contributed by atoms with Crippen LogP contribution in [-0.2, 0) is 0 Å². The van der Waals surface area contributed by atoms with Gasteiger partial charge in [-0.15, -0.1) is 0 Å². The van der Waals surface area contributed by atoms with E-state index >= 15 is 0 Å². The molecular weight excluding hydrogens is 174 g/mol. The summed E-state index contributed by atoms with van der Waals surface area (Å²) in [5.74, 6) is 0. The molecule has 2 fully saturated rings. The Morgan fingerprint density at radius 1 is 0.857 bits per heavy atom. The van der Waals surface area contributed by atoms with E-state index in [2.05, 4.69) is 4.90 Å². The number of rotatable bonds is 2. The molecule has 2 nitrogen and oxygen atoms in total. The van der Waals surface area contributed by atoms with Gasteiger partial charge in [-0.1, -0.05) is 25.7 Å². The zero-order valence-corrected chi connectivity index (χ0v) is 9.17. The van der Waals surface area contributed by atoms with Crippen LogP contribution in [0, 0.1) is 0 Å². The fourth-order valence-electron chi connectivity index (χ4n) is 2.90. The summed E-state index contributed by atoms with van der Waals surface area (Å²) in [6, 6.07) is 0. The van der Waals surface area contributed by atoms with Gasteiger partial charge >= 0.3 is 0 Å². The van der Waals surface area contributed by atoms with Gasteiger partial charge in [-0.2, -0.15) is 0 Å². The molecule has 0 spiro atoms. The number of hydrogen-bond acceptors (Lipinski definition) is 2. The van der Waals surface area contributed by atoms with Gasteiger partial charge in [-0.3, -0.25) is 0 Å². The first-order valence-corrected chi connectivity index (χ1v) is 6.23. The van der Waals surface area contributed by atoms with Gasteiger partial charge < -0.3 is 10.0 Å². The molecule has 1 aliphatic heterocycles. The van der Waals surface area contributed by atoms with Crippen LogP contribution in [0.5, 0.6) is 0 Å². The smallest absolute Gasteiger partial charge is 0.0774 e. The molecule has 0 atom stereocenters. The maximum Gasteiger partial charge on any atom is 0.0774 e. The molecule has 1 saturated heterocycles. The van der Waals surface area contributed by atoms with Crippen molar-refractivity contribution >= 4 is 0 Å². The van der Waals surface area contributed by atoms with Crippen LogP contribution in [0.4, 0.5) is 0 Å². The molecule has 2 aliphatic rings. The zero-order valence-electron chi connectivity index (χ0n) is 9.17. The highest BCUT2D eigenvalue weighted by molar-refractivity contribution is 4.87. The van der Waals surface area contributed by atoms with Gasteiger partial charge in [0.2, 0.25) is 0 Å². The van der Waals surface area contributed by atoms with E-state index in [9.17, 15) is 5.11 Å². The molecule has 2 heteroatoms. The van der Waals surface area contributed by atoms with E-state index in [1.165, 1.54) is 51.6 Å². The molecule has 1 aliphatic carbocycles. The molecule has 0 amide bonds. The average Bonchev–Trinajstić information content (AvgIpc) is 2.43. The van der Waals surface area contributed by atoms with Crippen LogP contribution >= 0.6 is 0 Å². The van der Waals surface area contributed by atoms with Crippen LogP contribution in [0.2, 0.25) is 0 Å². The topological polar surface area (TPSA) is 23.5 Å². The highest BCUT2D eigenvalue weighted by Crippen LogP contribution is 2.30. The van der Waals surface area contributed by atoms with Crippen molar-refractivity contribution in [3.05, 3.63) is 0 Å². The van der Waals surface area contributed by atoms with Crippen LogP contribution in [0.25, 0.3) is 0 Å². The molecule has 0 unspecified atom stereocenters.